The molecule has 22 heavy (non-hydrogen) atoms. The predicted octanol–water partition coefficient (Wildman–Crippen LogP) is 2.35. The number of rotatable bonds is 4. The van der Waals surface area contributed by atoms with E-state index in [4.69, 9.17) is 10.5 Å². The van der Waals surface area contributed by atoms with Gasteiger partial charge in [0.1, 0.15) is 5.82 Å². The summed E-state index contributed by atoms with van der Waals surface area (Å²) in [5, 5.41) is 2.40. The highest BCUT2D eigenvalue weighted by atomic mass is 19.1. The second kappa shape index (κ2) is 6.66. The van der Waals surface area contributed by atoms with Crippen molar-refractivity contribution in [2.45, 2.75) is 6.54 Å². The van der Waals surface area contributed by atoms with Gasteiger partial charge in [0.15, 0.2) is 11.6 Å². The van der Waals surface area contributed by atoms with E-state index < -0.39 is 29.4 Å². The molecule has 7 heteroatoms. The van der Waals surface area contributed by atoms with Crippen molar-refractivity contribution >= 4 is 12.0 Å². The zero-order chi connectivity index (χ0) is 16.1. The minimum absolute atomic E-state index is 0.159. The molecule has 0 atom stereocenters. The van der Waals surface area contributed by atoms with Crippen molar-refractivity contribution < 1.29 is 23.1 Å². The maximum atomic E-state index is 13.4. The average Bonchev–Trinajstić information content (AvgIpc) is 2.49. The van der Waals surface area contributed by atoms with Crippen LogP contribution in [0.5, 0.6) is 5.75 Å². The second-order valence-electron chi connectivity index (χ2n) is 4.38. The van der Waals surface area contributed by atoms with Gasteiger partial charge in [-0.15, -0.1) is 0 Å². The number of benzene rings is 2. The van der Waals surface area contributed by atoms with Gasteiger partial charge in [-0.05, 0) is 29.8 Å². The lowest BCUT2D eigenvalue weighted by molar-refractivity contribution is 0.0727. The Morgan fingerprint density at radius 2 is 1.77 bits per heavy atom. The van der Waals surface area contributed by atoms with Crippen LogP contribution in [0.2, 0.25) is 0 Å². The number of esters is 1. The first-order chi connectivity index (χ1) is 10.5. The van der Waals surface area contributed by atoms with Crippen LogP contribution in [0.25, 0.3) is 0 Å². The van der Waals surface area contributed by atoms with E-state index in [0.717, 1.165) is 18.2 Å². The molecule has 2 aromatic carbocycles. The zero-order valence-electron chi connectivity index (χ0n) is 11.3. The van der Waals surface area contributed by atoms with E-state index >= 15 is 0 Å². The number of hydrogen-bond acceptors (Lipinski definition) is 3. The number of carbonyl (C=O) groups excluding carboxylic acids is 2. The van der Waals surface area contributed by atoms with E-state index in [1.165, 1.54) is 12.1 Å². The number of hydrogen-bond donors (Lipinski definition) is 2. The van der Waals surface area contributed by atoms with Crippen molar-refractivity contribution in [2.24, 2.45) is 5.73 Å². The van der Waals surface area contributed by atoms with Gasteiger partial charge < -0.3 is 15.8 Å². The monoisotopic (exact) mass is 306 g/mol. The summed E-state index contributed by atoms with van der Waals surface area (Å²) < 4.78 is 31.2. The fraction of sp³-hybridized carbons (Fsp3) is 0.0667. The van der Waals surface area contributed by atoms with Gasteiger partial charge >= 0.3 is 12.0 Å². The summed E-state index contributed by atoms with van der Waals surface area (Å²) in [5.74, 6) is -2.85. The number of amides is 2. The van der Waals surface area contributed by atoms with Crippen molar-refractivity contribution in [1.82, 2.24) is 5.32 Å². The van der Waals surface area contributed by atoms with Crippen LogP contribution < -0.4 is 15.8 Å². The van der Waals surface area contributed by atoms with Crippen LogP contribution in [0, 0.1) is 11.6 Å². The molecule has 0 radical (unpaired) electrons. The Labute approximate surface area is 124 Å². The third-order valence-electron chi connectivity index (χ3n) is 2.75. The normalized spacial score (nSPS) is 10.1. The van der Waals surface area contributed by atoms with Gasteiger partial charge in [-0.25, -0.2) is 18.4 Å². The third-order valence-corrected chi connectivity index (χ3v) is 2.75. The van der Waals surface area contributed by atoms with Gasteiger partial charge in [0.25, 0.3) is 0 Å². The lowest BCUT2D eigenvalue weighted by Gasteiger charge is -2.07. The first-order valence-corrected chi connectivity index (χ1v) is 6.25. The Hall–Kier alpha value is -2.96. The van der Waals surface area contributed by atoms with Crippen molar-refractivity contribution in [3.8, 4) is 5.75 Å². The molecule has 2 amide bonds. The van der Waals surface area contributed by atoms with Gasteiger partial charge in [-0.1, -0.05) is 12.1 Å². The number of halogens is 2. The molecule has 0 heterocycles. The molecule has 0 aliphatic carbocycles. The maximum Gasteiger partial charge on any atom is 0.343 e. The smallest absolute Gasteiger partial charge is 0.343 e. The molecule has 2 aromatic rings. The van der Waals surface area contributed by atoms with E-state index in [-0.39, 0.29) is 12.1 Å². The molecule has 114 valence electrons. The summed E-state index contributed by atoms with van der Waals surface area (Å²) >= 11 is 0. The standard InChI is InChI=1S/C15H12F2N2O3/c16-11-5-6-12(17)13(7-11)22-14(20)10-3-1-9(2-4-10)8-19-15(18)21/h1-7H,8H2,(H3,18,19,21). The van der Waals surface area contributed by atoms with Crippen LogP contribution in [0.15, 0.2) is 42.5 Å². The molecule has 0 aliphatic rings. The molecule has 0 saturated heterocycles. The van der Waals surface area contributed by atoms with Gasteiger partial charge in [0, 0.05) is 12.6 Å². The summed E-state index contributed by atoms with van der Waals surface area (Å²) in [4.78, 5) is 22.4. The minimum atomic E-state index is -0.836. The lowest BCUT2D eigenvalue weighted by atomic mass is 10.1. The highest BCUT2D eigenvalue weighted by Gasteiger charge is 2.12. The van der Waals surface area contributed by atoms with E-state index in [9.17, 15) is 18.4 Å². The van der Waals surface area contributed by atoms with Crippen molar-refractivity contribution in [3.63, 3.8) is 0 Å². The fourth-order valence-corrected chi connectivity index (χ4v) is 1.66. The summed E-state index contributed by atoms with van der Waals surface area (Å²) in [6.07, 6.45) is 0. The molecule has 3 N–H and O–H groups in total. The van der Waals surface area contributed by atoms with E-state index in [0.29, 0.717) is 5.56 Å². The largest absolute Gasteiger partial charge is 0.420 e. The second-order valence-corrected chi connectivity index (χ2v) is 4.38. The van der Waals surface area contributed by atoms with Gasteiger partial charge in [0.05, 0.1) is 5.56 Å². The van der Waals surface area contributed by atoms with E-state index in [1.807, 2.05) is 0 Å². The number of carbonyl (C=O) groups is 2. The molecule has 0 bridgehead atoms. The minimum Gasteiger partial charge on any atom is -0.420 e. The number of nitrogens with two attached hydrogens (primary N) is 1. The van der Waals surface area contributed by atoms with Crippen molar-refractivity contribution in [2.75, 3.05) is 0 Å². The first-order valence-electron chi connectivity index (χ1n) is 6.25. The van der Waals surface area contributed by atoms with Crippen LogP contribution in [-0.4, -0.2) is 12.0 Å². The Morgan fingerprint density at radius 1 is 1.09 bits per heavy atom. The van der Waals surface area contributed by atoms with Crippen LogP contribution in [0.1, 0.15) is 15.9 Å². The van der Waals surface area contributed by atoms with E-state index in [2.05, 4.69) is 5.32 Å². The molecule has 0 unspecified atom stereocenters. The maximum absolute atomic E-state index is 13.4. The lowest BCUT2D eigenvalue weighted by Crippen LogP contribution is -2.28. The third kappa shape index (κ3) is 4.02. The number of primary amides is 1. The van der Waals surface area contributed by atoms with Gasteiger partial charge in [-0.2, -0.15) is 0 Å². The molecule has 0 spiro atoms. The SMILES string of the molecule is NC(=O)NCc1ccc(C(=O)Oc2cc(F)ccc2F)cc1. The summed E-state index contributed by atoms with van der Waals surface area (Å²) in [5.41, 5.74) is 5.81. The molecule has 5 nitrogen and oxygen atoms in total. The Balaban J connectivity index is 2.06. The van der Waals surface area contributed by atoms with Crippen LogP contribution in [0.3, 0.4) is 0 Å². The topological polar surface area (TPSA) is 81.4 Å². The van der Waals surface area contributed by atoms with Crippen molar-refractivity contribution in [3.05, 3.63) is 65.2 Å². The summed E-state index contributed by atoms with van der Waals surface area (Å²) in [7, 11) is 0. The molecule has 0 fully saturated rings. The zero-order valence-corrected chi connectivity index (χ0v) is 11.3. The van der Waals surface area contributed by atoms with E-state index in [1.54, 1.807) is 12.1 Å². The Kier molecular flexibility index (Phi) is 4.67. The number of urea groups is 1. The Morgan fingerprint density at radius 3 is 2.41 bits per heavy atom. The highest BCUT2D eigenvalue weighted by Crippen LogP contribution is 2.19. The Bertz CT molecular complexity index is 702. The molecule has 0 aromatic heterocycles. The van der Waals surface area contributed by atoms with Crippen LogP contribution in [0.4, 0.5) is 13.6 Å². The fourth-order valence-electron chi connectivity index (χ4n) is 1.66. The molecule has 0 aliphatic heterocycles. The summed E-state index contributed by atoms with van der Waals surface area (Å²) in [6.45, 7) is 0.211. The quantitative estimate of drug-likeness (QED) is 0.672. The van der Waals surface area contributed by atoms with Gasteiger partial charge in [0.2, 0.25) is 0 Å². The van der Waals surface area contributed by atoms with Crippen LogP contribution in [-0.2, 0) is 6.54 Å². The molecular formula is C15H12F2N2O3. The highest BCUT2D eigenvalue weighted by molar-refractivity contribution is 5.91. The predicted molar refractivity (Wildman–Crippen MR) is 74.2 cm³/mol. The number of nitrogens with one attached hydrogen (secondary N) is 1. The molecule has 0 saturated carbocycles. The first kappa shape index (κ1) is 15.4. The number of ether oxygens (including phenoxy) is 1. The average molecular weight is 306 g/mol. The molecule has 2 rings (SSSR count). The summed E-state index contributed by atoms with van der Waals surface area (Å²) in [6, 6.07) is 7.96. The van der Waals surface area contributed by atoms with Crippen LogP contribution >= 0.6 is 0 Å². The van der Waals surface area contributed by atoms with Gasteiger partial charge in [-0.3, -0.25) is 0 Å². The molecular weight excluding hydrogens is 294 g/mol. The van der Waals surface area contributed by atoms with Crippen molar-refractivity contribution in [1.29, 1.82) is 0 Å².